The predicted molar refractivity (Wildman–Crippen MR) is 64.7 cm³/mol. The summed E-state index contributed by atoms with van der Waals surface area (Å²) in [5.41, 5.74) is 2.58. The van der Waals surface area contributed by atoms with Gasteiger partial charge in [0.1, 0.15) is 0 Å². The number of benzene rings is 1. The average Bonchev–Trinajstić information content (AvgIpc) is 2.94. The van der Waals surface area contributed by atoms with Crippen LogP contribution in [0.4, 0.5) is 5.69 Å². The van der Waals surface area contributed by atoms with Crippen molar-refractivity contribution in [2.75, 3.05) is 5.32 Å². The van der Waals surface area contributed by atoms with Crippen LogP contribution in [0.3, 0.4) is 0 Å². The van der Waals surface area contributed by atoms with E-state index >= 15 is 0 Å². The first-order valence-corrected chi connectivity index (χ1v) is 5.99. The van der Waals surface area contributed by atoms with Crippen LogP contribution < -0.4 is 5.32 Å². The molecule has 1 N–H and O–H groups in total. The molecule has 1 atom stereocenters. The van der Waals surface area contributed by atoms with Gasteiger partial charge in [-0.05, 0) is 50.3 Å². The van der Waals surface area contributed by atoms with Gasteiger partial charge in [-0.3, -0.25) is 0 Å². The van der Waals surface area contributed by atoms with Crippen molar-refractivity contribution in [3.8, 4) is 0 Å². The molecule has 0 heterocycles. The average molecular weight is 254 g/mol. The molecule has 14 heavy (non-hydrogen) atoms. The van der Waals surface area contributed by atoms with Crippen LogP contribution in [0.5, 0.6) is 0 Å². The summed E-state index contributed by atoms with van der Waals surface area (Å²) in [6, 6.07) is 7.01. The second kappa shape index (κ2) is 3.93. The van der Waals surface area contributed by atoms with Crippen LogP contribution in [0, 0.1) is 12.8 Å². The highest BCUT2D eigenvalue weighted by atomic mass is 79.9. The summed E-state index contributed by atoms with van der Waals surface area (Å²) < 4.78 is 1.15. The van der Waals surface area contributed by atoms with Gasteiger partial charge in [0.05, 0.1) is 0 Å². The summed E-state index contributed by atoms with van der Waals surface area (Å²) in [4.78, 5) is 0. The molecule has 0 spiro atoms. The monoisotopic (exact) mass is 253 g/mol. The minimum Gasteiger partial charge on any atom is -0.382 e. The van der Waals surface area contributed by atoms with E-state index in [-0.39, 0.29) is 0 Å². The van der Waals surface area contributed by atoms with Crippen LogP contribution >= 0.6 is 15.9 Å². The van der Waals surface area contributed by atoms with Crippen LogP contribution in [0.2, 0.25) is 0 Å². The molecule has 1 unspecified atom stereocenters. The molecule has 2 rings (SSSR count). The topological polar surface area (TPSA) is 12.0 Å². The van der Waals surface area contributed by atoms with E-state index in [0.29, 0.717) is 6.04 Å². The van der Waals surface area contributed by atoms with E-state index in [4.69, 9.17) is 0 Å². The molecule has 76 valence electrons. The molecular weight excluding hydrogens is 238 g/mol. The Hall–Kier alpha value is -0.500. The van der Waals surface area contributed by atoms with Gasteiger partial charge < -0.3 is 5.32 Å². The number of halogens is 1. The third kappa shape index (κ3) is 2.30. The molecule has 1 saturated carbocycles. The third-order valence-corrected chi connectivity index (χ3v) is 3.41. The first-order chi connectivity index (χ1) is 6.66. The van der Waals surface area contributed by atoms with E-state index in [0.717, 1.165) is 10.4 Å². The normalized spacial score (nSPS) is 17.9. The van der Waals surface area contributed by atoms with Gasteiger partial charge in [-0.1, -0.05) is 22.0 Å². The second-order valence-corrected chi connectivity index (χ2v) is 5.15. The highest BCUT2D eigenvalue weighted by Crippen LogP contribution is 2.34. The van der Waals surface area contributed by atoms with Crippen LogP contribution in [0.15, 0.2) is 22.7 Å². The molecule has 1 aromatic rings. The van der Waals surface area contributed by atoms with Crippen LogP contribution in [-0.4, -0.2) is 6.04 Å². The smallest absolute Gasteiger partial charge is 0.0383 e. The van der Waals surface area contributed by atoms with Crippen LogP contribution in [0.1, 0.15) is 25.3 Å². The number of rotatable bonds is 3. The first-order valence-electron chi connectivity index (χ1n) is 5.19. The number of nitrogens with one attached hydrogen (secondary N) is 1. The molecule has 1 aromatic carbocycles. The molecule has 1 fully saturated rings. The predicted octanol–water partition coefficient (Wildman–Crippen LogP) is 3.97. The van der Waals surface area contributed by atoms with E-state index in [1.807, 2.05) is 0 Å². The van der Waals surface area contributed by atoms with Gasteiger partial charge in [-0.2, -0.15) is 0 Å². The lowest BCUT2D eigenvalue weighted by atomic mass is 10.1. The standard InChI is InChI=1S/C12H16BrN/c1-8-3-6-11(13)7-12(8)14-9(2)10-4-5-10/h3,6-7,9-10,14H,4-5H2,1-2H3. The lowest BCUT2D eigenvalue weighted by Gasteiger charge is -2.16. The Morgan fingerprint density at radius 2 is 2.14 bits per heavy atom. The van der Waals surface area contributed by atoms with Gasteiger partial charge in [0.2, 0.25) is 0 Å². The Morgan fingerprint density at radius 1 is 1.43 bits per heavy atom. The van der Waals surface area contributed by atoms with Gasteiger partial charge in [0.15, 0.2) is 0 Å². The maximum absolute atomic E-state index is 3.58. The Morgan fingerprint density at radius 3 is 2.79 bits per heavy atom. The molecule has 0 radical (unpaired) electrons. The summed E-state index contributed by atoms with van der Waals surface area (Å²) >= 11 is 3.50. The van der Waals surface area contributed by atoms with Gasteiger partial charge in [0, 0.05) is 16.2 Å². The van der Waals surface area contributed by atoms with E-state index in [2.05, 4.69) is 53.3 Å². The van der Waals surface area contributed by atoms with Crippen molar-refractivity contribution in [1.82, 2.24) is 0 Å². The summed E-state index contributed by atoms with van der Waals surface area (Å²) in [7, 11) is 0. The number of hydrogen-bond acceptors (Lipinski definition) is 1. The molecule has 1 aliphatic rings. The lowest BCUT2D eigenvalue weighted by Crippen LogP contribution is -2.17. The van der Waals surface area contributed by atoms with Crippen molar-refractivity contribution in [3.05, 3.63) is 28.2 Å². The summed E-state index contributed by atoms with van der Waals surface area (Å²) in [6.45, 7) is 4.42. The molecule has 2 heteroatoms. The first kappa shape index (κ1) is 10.0. The van der Waals surface area contributed by atoms with Gasteiger partial charge in [-0.25, -0.2) is 0 Å². The lowest BCUT2D eigenvalue weighted by molar-refractivity contribution is 0.693. The van der Waals surface area contributed by atoms with Crippen molar-refractivity contribution < 1.29 is 0 Å². The minimum atomic E-state index is 0.614. The van der Waals surface area contributed by atoms with Crippen molar-refractivity contribution >= 4 is 21.6 Å². The number of hydrogen-bond donors (Lipinski definition) is 1. The van der Waals surface area contributed by atoms with E-state index in [1.165, 1.54) is 24.1 Å². The van der Waals surface area contributed by atoms with Crippen LogP contribution in [-0.2, 0) is 0 Å². The Kier molecular flexibility index (Phi) is 2.82. The fourth-order valence-corrected chi connectivity index (χ4v) is 2.07. The third-order valence-electron chi connectivity index (χ3n) is 2.91. The molecular formula is C12H16BrN. The molecule has 0 bridgehead atoms. The van der Waals surface area contributed by atoms with Gasteiger partial charge in [0.25, 0.3) is 0 Å². The minimum absolute atomic E-state index is 0.614. The molecule has 0 aliphatic heterocycles. The fraction of sp³-hybridized carbons (Fsp3) is 0.500. The maximum atomic E-state index is 3.58. The largest absolute Gasteiger partial charge is 0.382 e. The Bertz CT molecular complexity index is 331. The molecule has 0 saturated heterocycles. The zero-order chi connectivity index (χ0) is 10.1. The summed E-state index contributed by atoms with van der Waals surface area (Å²) in [5.74, 6) is 0.897. The Balaban J connectivity index is 2.10. The summed E-state index contributed by atoms with van der Waals surface area (Å²) in [6.07, 6.45) is 2.78. The molecule has 1 nitrogen and oxygen atoms in total. The van der Waals surface area contributed by atoms with Crippen molar-refractivity contribution in [3.63, 3.8) is 0 Å². The number of aryl methyl sites for hydroxylation is 1. The van der Waals surface area contributed by atoms with Crippen molar-refractivity contribution in [2.24, 2.45) is 5.92 Å². The van der Waals surface area contributed by atoms with Gasteiger partial charge >= 0.3 is 0 Å². The van der Waals surface area contributed by atoms with Crippen LogP contribution in [0.25, 0.3) is 0 Å². The second-order valence-electron chi connectivity index (χ2n) is 4.23. The maximum Gasteiger partial charge on any atom is 0.0383 e. The number of anilines is 1. The Labute approximate surface area is 94.0 Å². The highest BCUT2D eigenvalue weighted by Gasteiger charge is 2.27. The zero-order valence-electron chi connectivity index (χ0n) is 8.68. The van der Waals surface area contributed by atoms with E-state index < -0.39 is 0 Å². The van der Waals surface area contributed by atoms with E-state index in [1.54, 1.807) is 0 Å². The van der Waals surface area contributed by atoms with Crippen molar-refractivity contribution in [2.45, 2.75) is 32.7 Å². The van der Waals surface area contributed by atoms with E-state index in [9.17, 15) is 0 Å². The summed E-state index contributed by atoms with van der Waals surface area (Å²) in [5, 5.41) is 3.58. The van der Waals surface area contributed by atoms with Gasteiger partial charge in [-0.15, -0.1) is 0 Å². The zero-order valence-corrected chi connectivity index (χ0v) is 10.3. The quantitative estimate of drug-likeness (QED) is 0.860. The SMILES string of the molecule is Cc1ccc(Br)cc1NC(C)C1CC1. The fourth-order valence-electron chi connectivity index (χ4n) is 1.71. The molecule has 0 amide bonds. The molecule has 1 aliphatic carbocycles. The highest BCUT2D eigenvalue weighted by molar-refractivity contribution is 9.10. The molecule has 0 aromatic heterocycles. The van der Waals surface area contributed by atoms with Crippen molar-refractivity contribution in [1.29, 1.82) is 0 Å².